The SMILES string of the molecule is CC(C)(C)c1cc(-c2cc(-c3ccccn3)nc(-c3ccccn3)c2)cc(-c2cc(-c3ccccn3)nc(-c3ccccn3)c2)c1. The van der Waals surface area contributed by atoms with Crippen molar-refractivity contribution in [1.82, 2.24) is 29.9 Å². The molecule has 0 spiro atoms. The van der Waals surface area contributed by atoms with Crippen LogP contribution in [-0.4, -0.2) is 29.9 Å². The second-order valence-corrected chi connectivity index (χ2v) is 12.2. The summed E-state index contributed by atoms with van der Waals surface area (Å²) in [6.45, 7) is 6.73. The van der Waals surface area contributed by atoms with Crippen LogP contribution in [0, 0.1) is 0 Å². The molecule has 1 aromatic carbocycles. The number of benzene rings is 1. The van der Waals surface area contributed by atoms with E-state index in [0.29, 0.717) is 0 Å². The Hall–Kier alpha value is -5.88. The maximum Gasteiger partial charge on any atom is 0.0900 e. The van der Waals surface area contributed by atoms with E-state index in [4.69, 9.17) is 9.97 Å². The normalized spacial score (nSPS) is 11.4. The highest BCUT2D eigenvalue weighted by Gasteiger charge is 2.19. The topological polar surface area (TPSA) is 77.3 Å². The smallest absolute Gasteiger partial charge is 0.0900 e. The Morgan fingerprint density at radius 2 is 0.652 bits per heavy atom. The standard InChI is InChI=1S/C40H32N6/c1-40(2,3)31-21-27(29-23-36(32-12-4-8-16-41-32)45-37(24-29)33-13-5-9-17-42-33)20-28(22-31)30-25-38(34-14-6-10-18-43-34)46-39(26-30)35-15-7-11-19-44-35/h4-26H,1-3H3. The predicted molar refractivity (Wildman–Crippen MR) is 185 cm³/mol. The van der Waals surface area contributed by atoms with Gasteiger partial charge in [0.2, 0.25) is 0 Å². The largest absolute Gasteiger partial charge is 0.255 e. The monoisotopic (exact) mass is 596 g/mol. The quantitative estimate of drug-likeness (QED) is 0.190. The third kappa shape index (κ3) is 6.19. The first-order chi connectivity index (χ1) is 22.4. The lowest BCUT2D eigenvalue weighted by Gasteiger charge is -2.22. The van der Waals surface area contributed by atoms with Crippen LogP contribution in [0.5, 0.6) is 0 Å². The predicted octanol–water partition coefficient (Wildman–Crippen LogP) is 9.36. The minimum atomic E-state index is -0.105. The summed E-state index contributed by atoms with van der Waals surface area (Å²) >= 11 is 0. The number of hydrogen-bond donors (Lipinski definition) is 0. The van der Waals surface area contributed by atoms with Gasteiger partial charge in [0.25, 0.3) is 0 Å². The van der Waals surface area contributed by atoms with Crippen LogP contribution in [0.15, 0.2) is 140 Å². The Morgan fingerprint density at radius 1 is 0.348 bits per heavy atom. The Morgan fingerprint density at radius 3 is 0.913 bits per heavy atom. The number of rotatable bonds is 6. The van der Waals surface area contributed by atoms with Crippen LogP contribution in [0.4, 0.5) is 0 Å². The van der Waals surface area contributed by atoms with Crippen molar-refractivity contribution < 1.29 is 0 Å². The van der Waals surface area contributed by atoms with Crippen LogP contribution < -0.4 is 0 Å². The summed E-state index contributed by atoms with van der Waals surface area (Å²) in [4.78, 5) is 28.5. The van der Waals surface area contributed by atoms with E-state index in [1.165, 1.54) is 5.56 Å². The highest BCUT2D eigenvalue weighted by atomic mass is 14.8. The first-order valence-corrected chi connectivity index (χ1v) is 15.3. The molecule has 0 unspecified atom stereocenters. The van der Waals surface area contributed by atoms with Gasteiger partial charge in [-0.15, -0.1) is 0 Å². The lowest BCUT2D eigenvalue weighted by molar-refractivity contribution is 0.590. The van der Waals surface area contributed by atoms with Gasteiger partial charge in [-0.25, -0.2) is 9.97 Å². The van der Waals surface area contributed by atoms with Gasteiger partial charge in [-0.2, -0.15) is 0 Å². The zero-order valence-corrected chi connectivity index (χ0v) is 26.0. The molecule has 0 aliphatic rings. The Labute approximate surface area is 269 Å². The van der Waals surface area contributed by atoms with Crippen molar-refractivity contribution in [3.8, 4) is 67.8 Å². The fourth-order valence-corrected chi connectivity index (χ4v) is 5.37. The molecule has 0 radical (unpaired) electrons. The first-order valence-electron chi connectivity index (χ1n) is 15.3. The fourth-order valence-electron chi connectivity index (χ4n) is 5.37. The third-order valence-electron chi connectivity index (χ3n) is 7.83. The van der Waals surface area contributed by atoms with Gasteiger partial charge in [0, 0.05) is 24.8 Å². The average Bonchev–Trinajstić information content (AvgIpc) is 3.12. The molecule has 0 bridgehead atoms. The van der Waals surface area contributed by atoms with Gasteiger partial charge in [0.1, 0.15) is 0 Å². The molecule has 6 heterocycles. The van der Waals surface area contributed by atoms with Crippen molar-refractivity contribution in [1.29, 1.82) is 0 Å². The first kappa shape index (κ1) is 28.9. The molecule has 0 fully saturated rings. The van der Waals surface area contributed by atoms with Crippen LogP contribution in [0.3, 0.4) is 0 Å². The highest BCUT2D eigenvalue weighted by molar-refractivity contribution is 5.81. The molecular formula is C40H32N6. The lowest BCUT2D eigenvalue weighted by atomic mass is 9.83. The van der Waals surface area contributed by atoms with Gasteiger partial charge in [-0.3, -0.25) is 19.9 Å². The molecule has 0 aliphatic carbocycles. The molecule has 222 valence electrons. The van der Waals surface area contributed by atoms with Crippen molar-refractivity contribution in [3.05, 3.63) is 146 Å². The molecular weight excluding hydrogens is 564 g/mol. The number of aromatic nitrogens is 6. The van der Waals surface area contributed by atoms with E-state index in [2.05, 4.69) is 83.2 Å². The number of nitrogens with zero attached hydrogens (tertiary/aromatic N) is 6. The van der Waals surface area contributed by atoms with E-state index in [-0.39, 0.29) is 5.41 Å². The Bertz CT molecular complexity index is 1850. The highest BCUT2D eigenvalue weighted by Crippen LogP contribution is 2.37. The summed E-state index contributed by atoms with van der Waals surface area (Å²) in [7, 11) is 0. The summed E-state index contributed by atoms with van der Waals surface area (Å²) < 4.78 is 0. The molecule has 46 heavy (non-hydrogen) atoms. The number of hydrogen-bond acceptors (Lipinski definition) is 6. The lowest BCUT2D eigenvalue weighted by Crippen LogP contribution is -2.11. The molecule has 0 N–H and O–H groups in total. The maximum atomic E-state index is 4.99. The van der Waals surface area contributed by atoms with E-state index < -0.39 is 0 Å². The molecule has 6 nitrogen and oxygen atoms in total. The second-order valence-electron chi connectivity index (χ2n) is 12.2. The zero-order valence-electron chi connectivity index (χ0n) is 26.0. The van der Waals surface area contributed by atoms with Gasteiger partial charge in [-0.1, -0.05) is 57.2 Å². The zero-order chi connectivity index (χ0) is 31.5. The van der Waals surface area contributed by atoms with Crippen LogP contribution in [0.2, 0.25) is 0 Å². The molecule has 0 saturated heterocycles. The summed E-state index contributed by atoms with van der Waals surface area (Å²) in [5.74, 6) is 0. The fraction of sp³-hybridized carbons (Fsp3) is 0.100. The van der Waals surface area contributed by atoms with Gasteiger partial charge in [-0.05, 0) is 112 Å². The minimum Gasteiger partial charge on any atom is -0.255 e. The molecule has 0 aliphatic heterocycles. The summed E-state index contributed by atoms with van der Waals surface area (Å²) in [5, 5.41) is 0. The van der Waals surface area contributed by atoms with Crippen molar-refractivity contribution in [2.24, 2.45) is 0 Å². The summed E-state index contributed by atoms with van der Waals surface area (Å²) in [6, 6.07) is 38.8. The van der Waals surface area contributed by atoms with Crippen molar-refractivity contribution in [3.63, 3.8) is 0 Å². The summed E-state index contributed by atoms with van der Waals surface area (Å²) in [6.07, 6.45) is 7.18. The molecule has 0 saturated carbocycles. The van der Waals surface area contributed by atoms with Crippen LogP contribution in [-0.2, 0) is 5.41 Å². The van der Waals surface area contributed by atoms with E-state index in [1.54, 1.807) is 24.8 Å². The molecule has 6 heteroatoms. The number of pyridine rings is 6. The average molecular weight is 597 g/mol. The van der Waals surface area contributed by atoms with Gasteiger partial charge in [0.05, 0.1) is 45.6 Å². The van der Waals surface area contributed by atoms with E-state index >= 15 is 0 Å². The van der Waals surface area contributed by atoms with Crippen LogP contribution in [0.25, 0.3) is 67.8 Å². The van der Waals surface area contributed by atoms with E-state index in [1.807, 2.05) is 72.8 Å². The van der Waals surface area contributed by atoms with Crippen molar-refractivity contribution >= 4 is 0 Å². The Kier molecular flexibility index (Phi) is 7.69. The van der Waals surface area contributed by atoms with Gasteiger partial charge >= 0.3 is 0 Å². The van der Waals surface area contributed by atoms with E-state index in [0.717, 1.165) is 67.8 Å². The molecule has 0 atom stereocenters. The molecule has 7 aromatic rings. The molecule has 6 aromatic heterocycles. The van der Waals surface area contributed by atoms with Crippen LogP contribution in [0.1, 0.15) is 26.3 Å². The van der Waals surface area contributed by atoms with E-state index in [9.17, 15) is 0 Å². The molecule has 0 amide bonds. The third-order valence-corrected chi connectivity index (χ3v) is 7.83. The van der Waals surface area contributed by atoms with Crippen molar-refractivity contribution in [2.75, 3.05) is 0 Å². The summed E-state index contributed by atoms with van der Waals surface area (Å²) in [5.41, 5.74) is 11.7. The molecule has 7 rings (SSSR count). The van der Waals surface area contributed by atoms with Crippen molar-refractivity contribution in [2.45, 2.75) is 26.2 Å². The maximum absolute atomic E-state index is 4.99. The van der Waals surface area contributed by atoms with Gasteiger partial charge < -0.3 is 0 Å². The Balaban J connectivity index is 1.45. The minimum absolute atomic E-state index is 0.105. The van der Waals surface area contributed by atoms with Crippen LogP contribution >= 0.6 is 0 Å². The second kappa shape index (κ2) is 12.3. The van der Waals surface area contributed by atoms with Gasteiger partial charge in [0.15, 0.2) is 0 Å².